The quantitative estimate of drug-likeness (QED) is 0.426. The van der Waals surface area contributed by atoms with Crippen molar-refractivity contribution in [2.24, 2.45) is 0 Å². The fourth-order valence-electron chi connectivity index (χ4n) is 3.44. The van der Waals surface area contributed by atoms with Crippen molar-refractivity contribution >= 4 is 38.1 Å². The van der Waals surface area contributed by atoms with Crippen molar-refractivity contribution in [1.82, 2.24) is 0 Å². The zero-order chi connectivity index (χ0) is 22.4. The molecule has 1 N–H and O–H groups in total. The van der Waals surface area contributed by atoms with Crippen LogP contribution in [0.1, 0.15) is 13.3 Å². The number of rotatable bonds is 8. The highest BCUT2D eigenvalue weighted by Crippen LogP contribution is 2.34. The Morgan fingerprint density at radius 3 is 2.35 bits per heavy atom. The zero-order valence-corrected chi connectivity index (χ0v) is 18.2. The van der Waals surface area contributed by atoms with Crippen LogP contribution in [0.15, 0.2) is 71.6 Å². The maximum absolute atomic E-state index is 12.8. The molecule has 7 heteroatoms. The summed E-state index contributed by atoms with van der Waals surface area (Å²) < 4.78 is 33.1. The lowest BCUT2D eigenvalue weighted by molar-refractivity contribution is -0.140. The van der Waals surface area contributed by atoms with Crippen molar-refractivity contribution in [3.63, 3.8) is 0 Å². The number of nitrogens with zero attached hydrogens (tertiary/aromatic N) is 1. The molecule has 0 unspecified atom stereocenters. The lowest BCUT2D eigenvalue weighted by atomic mass is 10.0. The number of anilines is 2. The van der Waals surface area contributed by atoms with Gasteiger partial charge in [-0.1, -0.05) is 48.4 Å². The Morgan fingerprint density at radius 2 is 1.71 bits per heavy atom. The molecule has 31 heavy (non-hydrogen) atoms. The minimum Gasteiger partial charge on any atom is -0.469 e. The molecule has 0 radical (unpaired) electrons. The molecule has 0 bridgehead atoms. The van der Waals surface area contributed by atoms with E-state index in [0.717, 1.165) is 16.5 Å². The Bertz CT molecular complexity index is 1220. The van der Waals surface area contributed by atoms with Gasteiger partial charge in [-0.05, 0) is 31.2 Å². The molecule has 160 valence electrons. The van der Waals surface area contributed by atoms with Gasteiger partial charge < -0.3 is 9.64 Å². The molecule has 6 nitrogen and oxygen atoms in total. The lowest BCUT2D eigenvalue weighted by Gasteiger charge is -2.30. The second kappa shape index (κ2) is 9.54. The van der Waals surface area contributed by atoms with Gasteiger partial charge in [-0.2, -0.15) is 0 Å². The molecule has 0 aromatic heterocycles. The first kappa shape index (κ1) is 22.2. The summed E-state index contributed by atoms with van der Waals surface area (Å²) in [6.07, 6.45) is 5.77. The van der Waals surface area contributed by atoms with Gasteiger partial charge in [0.2, 0.25) is 0 Å². The molecule has 0 aliphatic rings. The minimum atomic E-state index is -3.74. The van der Waals surface area contributed by atoms with E-state index in [-0.39, 0.29) is 29.9 Å². The summed E-state index contributed by atoms with van der Waals surface area (Å²) in [6.45, 7) is 2.19. The van der Waals surface area contributed by atoms with Crippen LogP contribution in [0.3, 0.4) is 0 Å². The van der Waals surface area contributed by atoms with Crippen LogP contribution in [-0.2, 0) is 19.6 Å². The van der Waals surface area contributed by atoms with Gasteiger partial charge in [-0.3, -0.25) is 9.52 Å². The van der Waals surface area contributed by atoms with Crippen LogP contribution in [0.4, 0.5) is 11.4 Å². The number of terminal acetylenes is 1. The largest absolute Gasteiger partial charge is 0.469 e. The molecule has 3 aromatic carbocycles. The number of methoxy groups -OCH3 is 1. The average molecular weight is 437 g/mol. The van der Waals surface area contributed by atoms with E-state index in [1.165, 1.54) is 7.11 Å². The maximum atomic E-state index is 12.8. The molecular weight excluding hydrogens is 412 g/mol. The number of benzene rings is 3. The van der Waals surface area contributed by atoms with Crippen molar-refractivity contribution in [2.75, 3.05) is 23.3 Å². The molecule has 0 spiro atoms. The predicted molar refractivity (Wildman–Crippen MR) is 123 cm³/mol. The highest BCUT2D eigenvalue weighted by molar-refractivity contribution is 7.92. The van der Waals surface area contributed by atoms with E-state index in [9.17, 15) is 13.2 Å². The molecular formula is C24H24N2O4S. The first-order chi connectivity index (χ1) is 14.9. The number of hydrogen-bond acceptors (Lipinski definition) is 5. The standard InChI is InChI=1S/C24H24N2O4S/c1-4-16-26(18(2)17-24(27)30-3)23-15-14-22(20-12-8-9-13-21(20)23)25-31(28,29)19-10-6-5-7-11-19/h1,5-15,18,25H,16-17H2,2-3H3/t18-/m0/s1. The van der Waals surface area contributed by atoms with E-state index in [1.807, 2.05) is 42.2 Å². The normalized spacial score (nSPS) is 12.0. The number of nitrogens with one attached hydrogen (secondary N) is 1. The van der Waals surface area contributed by atoms with Crippen molar-refractivity contribution in [1.29, 1.82) is 0 Å². The van der Waals surface area contributed by atoms with E-state index in [0.29, 0.717) is 5.69 Å². The average Bonchev–Trinajstić information content (AvgIpc) is 2.78. The number of carbonyl (C=O) groups excluding carboxylic acids is 1. The van der Waals surface area contributed by atoms with Crippen molar-refractivity contribution < 1.29 is 17.9 Å². The predicted octanol–water partition coefficient (Wildman–Crippen LogP) is 4.03. The fraction of sp³-hybridized carbons (Fsp3) is 0.208. The molecule has 0 amide bonds. The van der Waals surface area contributed by atoms with E-state index in [4.69, 9.17) is 11.2 Å². The van der Waals surface area contributed by atoms with Crippen LogP contribution in [0, 0.1) is 12.3 Å². The monoisotopic (exact) mass is 436 g/mol. The van der Waals surface area contributed by atoms with Gasteiger partial charge in [0, 0.05) is 22.5 Å². The van der Waals surface area contributed by atoms with Crippen molar-refractivity contribution in [3.05, 3.63) is 66.7 Å². The molecule has 0 fully saturated rings. The molecule has 3 rings (SSSR count). The number of sulfonamides is 1. The summed E-state index contributed by atoms with van der Waals surface area (Å²) >= 11 is 0. The summed E-state index contributed by atoms with van der Waals surface area (Å²) in [5, 5.41) is 1.55. The number of fused-ring (bicyclic) bond motifs is 1. The first-order valence-electron chi connectivity index (χ1n) is 9.74. The third-order valence-electron chi connectivity index (χ3n) is 4.99. The van der Waals surface area contributed by atoms with Gasteiger partial charge in [0.25, 0.3) is 10.0 Å². The molecule has 3 aromatic rings. The molecule has 0 saturated carbocycles. The first-order valence-corrected chi connectivity index (χ1v) is 11.2. The lowest BCUT2D eigenvalue weighted by Crippen LogP contribution is -2.35. The molecule has 1 atom stereocenters. The minimum absolute atomic E-state index is 0.175. The SMILES string of the molecule is C#CCN(c1ccc(NS(=O)(=O)c2ccccc2)c2ccccc12)[C@@H](C)CC(=O)OC. The van der Waals surface area contributed by atoms with Gasteiger partial charge >= 0.3 is 5.97 Å². The van der Waals surface area contributed by atoms with Gasteiger partial charge in [-0.15, -0.1) is 6.42 Å². The second-order valence-electron chi connectivity index (χ2n) is 7.06. The van der Waals surface area contributed by atoms with E-state index < -0.39 is 10.0 Å². The maximum Gasteiger partial charge on any atom is 0.307 e. The van der Waals surface area contributed by atoms with E-state index >= 15 is 0 Å². The van der Waals surface area contributed by atoms with Crippen LogP contribution in [0.2, 0.25) is 0 Å². The summed E-state index contributed by atoms with van der Waals surface area (Å²) in [7, 11) is -2.39. The Balaban J connectivity index is 2.05. The van der Waals surface area contributed by atoms with Gasteiger partial charge in [0.15, 0.2) is 0 Å². The Hall–Kier alpha value is -3.50. The number of esters is 1. The summed E-state index contributed by atoms with van der Waals surface area (Å²) in [6, 6.07) is 19.0. The van der Waals surface area contributed by atoms with Crippen LogP contribution in [-0.4, -0.2) is 34.1 Å². The molecule has 0 aliphatic carbocycles. The summed E-state index contributed by atoms with van der Waals surface area (Å²) in [5.41, 5.74) is 1.28. The Morgan fingerprint density at radius 1 is 1.06 bits per heavy atom. The molecule has 0 aliphatic heterocycles. The highest BCUT2D eigenvalue weighted by atomic mass is 32.2. The third kappa shape index (κ3) is 4.98. The number of hydrogen-bond donors (Lipinski definition) is 1. The van der Waals surface area contributed by atoms with E-state index in [1.54, 1.807) is 36.4 Å². The fourth-order valence-corrected chi connectivity index (χ4v) is 4.54. The van der Waals surface area contributed by atoms with Crippen LogP contribution in [0.5, 0.6) is 0 Å². The highest BCUT2D eigenvalue weighted by Gasteiger charge is 2.21. The second-order valence-corrected chi connectivity index (χ2v) is 8.74. The molecule has 0 saturated heterocycles. The van der Waals surface area contributed by atoms with E-state index in [2.05, 4.69) is 10.6 Å². The van der Waals surface area contributed by atoms with Crippen molar-refractivity contribution in [3.8, 4) is 12.3 Å². The Labute approximate surface area is 182 Å². The zero-order valence-electron chi connectivity index (χ0n) is 17.4. The topological polar surface area (TPSA) is 75.7 Å². The Kier molecular flexibility index (Phi) is 6.83. The van der Waals surface area contributed by atoms with Crippen LogP contribution < -0.4 is 9.62 Å². The number of ether oxygens (including phenoxy) is 1. The van der Waals surface area contributed by atoms with Gasteiger partial charge in [-0.25, -0.2) is 8.42 Å². The smallest absolute Gasteiger partial charge is 0.307 e. The summed E-state index contributed by atoms with van der Waals surface area (Å²) in [5.74, 6) is 2.31. The number of carbonyl (C=O) groups is 1. The van der Waals surface area contributed by atoms with Crippen molar-refractivity contribution in [2.45, 2.75) is 24.3 Å². The third-order valence-corrected chi connectivity index (χ3v) is 6.37. The van der Waals surface area contributed by atoms with Gasteiger partial charge in [0.05, 0.1) is 30.7 Å². The van der Waals surface area contributed by atoms with Crippen LogP contribution >= 0.6 is 0 Å². The molecule has 0 heterocycles. The van der Waals surface area contributed by atoms with Crippen LogP contribution in [0.25, 0.3) is 10.8 Å². The van der Waals surface area contributed by atoms with Gasteiger partial charge in [0.1, 0.15) is 0 Å². The summed E-state index contributed by atoms with van der Waals surface area (Å²) in [4.78, 5) is 13.9.